The van der Waals surface area contributed by atoms with Gasteiger partial charge in [0.05, 0.1) is 0 Å². The summed E-state index contributed by atoms with van der Waals surface area (Å²) in [6, 6.07) is 0. The van der Waals surface area contributed by atoms with Crippen LogP contribution >= 0.6 is 0 Å². The molecule has 376 valence electrons. The number of ether oxygens (including phenoxy) is 3. The molecule has 0 spiro atoms. The number of allylic oxidation sites excluding steroid dienone is 10. The molecule has 0 rings (SSSR count). The Kier molecular flexibility index (Phi) is 51.3. The topological polar surface area (TPSA) is 78.9 Å². The summed E-state index contributed by atoms with van der Waals surface area (Å²) in [7, 11) is 0. The molecule has 65 heavy (non-hydrogen) atoms. The van der Waals surface area contributed by atoms with E-state index in [9.17, 15) is 14.4 Å². The highest BCUT2D eigenvalue weighted by Gasteiger charge is 2.19. The molecular formula is C59H104O6. The molecule has 0 aromatic heterocycles. The monoisotopic (exact) mass is 909 g/mol. The van der Waals surface area contributed by atoms with Gasteiger partial charge in [-0.15, -0.1) is 0 Å². The van der Waals surface area contributed by atoms with E-state index in [0.29, 0.717) is 19.3 Å². The second kappa shape index (κ2) is 53.7. The van der Waals surface area contributed by atoms with Gasteiger partial charge in [0, 0.05) is 19.3 Å². The zero-order valence-corrected chi connectivity index (χ0v) is 43.0. The Morgan fingerprint density at radius 1 is 0.323 bits per heavy atom. The van der Waals surface area contributed by atoms with Crippen LogP contribution in [0.25, 0.3) is 0 Å². The summed E-state index contributed by atoms with van der Waals surface area (Å²) in [6.45, 7) is 6.44. The van der Waals surface area contributed by atoms with Crippen molar-refractivity contribution in [1.82, 2.24) is 0 Å². The minimum absolute atomic E-state index is 0.0833. The maximum absolute atomic E-state index is 12.7. The van der Waals surface area contributed by atoms with Crippen LogP contribution < -0.4 is 0 Å². The van der Waals surface area contributed by atoms with Crippen molar-refractivity contribution in [2.45, 2.75) is 284 Å². The highest BCUT2D eigenvalue weighted by atomic mass is 16.6. The summed E-state index contributed by atoms with van der Waals surface area (Å²) in [4.78, 5) is 37.7. The summed E-state index contributed by atoms with van der Waals surface area (Å²) in [6.07, 6.45) is 66.9. The fraction of sp³-hybridized carbons (Fsp3) is 0.780. The molecule has 6 nitrogen and oxygen atoms in total. The third-order valence-corrected chi connectivity index (χ3v) is 12.0. The van der Waals surface area contributed by atoms with Gasteiger partial charge in [-0.1, -0.05) is 236 Å². The van der Waals surface area contributed by atoms with E-state index in [1.807, 2.05) is 0 Å². The molecule has 0 saturated heterocycles. The maximum atomic E-state index is 12.7. The second-order valence-electron chi connectivity index (χ2n) is 18.5. The Bertz CT molecular complexity index is 1180. The van der Waals surface area contributed by atoms with E-state index < -0.39 is 6.10 Å². The molecule has 1 atom stereocenters. The predicted octanol–water partition coefficient (Wildman–Crippen LogP) is 18.4. The number of hydrogen-bond acceptors (Lipinski definition) is 6. The van der Waals surface area contributed by atoms with Crippen LogP contribution in [-0.4, -0.2) is 37.2 Å². The lowest BCUT2D eigenvalue weighted by Gasteiger charge is -2.18. The molecule has 0 N–H and O–H groups in total. The van der Waals surface area contributed by atoms with Crippen molar-refractivity contribution in [2.24, 2.45) is 0 Å². The second-order valence-corrected chi connectivity index (χ2v) is 18.5. The smallest absolute Gasteiger partial charge is 0.306 e. The number of carbonyl (C=O) groups is 3. The molecule has 0 aliphatic rings. The van der Waals surface area contributed by atoms with Gasteiger partial charge in [0.1, 0.15) is 13.2 Å². The van der Waals surface area contributed by atoms with Crippen LogP contribution in [0, 0.1) is 0 Å². The Morgan fingerprint density at radius 2 is 0.600 bits per heavy atom. The molecule has 6 heteroatoms. The largest absolute Gasteiger partial charge is 0.462 e. The van der Waals surface area contributed by atoms with Crippen molar-refractivity contribution < 1.29 is 28.6 Å². The number of esters is 3. The Labute approximate surface area is 402 Å². The molecule has 0 aliphatic carbocycles. The summed E-state index contributed by atoms with van der Waals surface area (Å²) < 4.78 is 16.7. The van der Waals surface area contributed by atoms with Gasteiger partial charge in [0.25, 0.3) is 0 Å². The van der Waals surface area contributed by atoms with Crippen LogP contribution in [0.1, 0.15) is 278 Å². The van der Waals surface area contributed by atoms with Gasteiger partial charge < -0.3 is 14.2 Å². The van der Waals surface area contributed by atoms with Crippen molar-refractivity contribution in [3.8, 4) is 0 Å². The van der Waals surface area contributed by atoms with Crippen molar-refractivity contribution in [2.75, 3.05) is 13.2 Å². The molecule has 0 fully saturated rings. The first kappa shape index (κ1) is 62.1. The molecular weight excluding hydrogens is 805 g/mol. The van der Waals surface area contributed by atoms with Gasteiger partial charge in [0.2, 0.25) is 0 Å². The predicted molar refractivity (Wildman–Crippen MR) is 279 cm³/mol. The fourth-order valence-electron chi connectivity index (χ4n) is 7.84. The minimum Gasteiger partial charge on any atom is -0.462 e. The average molecular weight is 909 g/mol. The van der Waals surface area contributed by atoms with Crippen molar-refractivity contribution in [1.29, 1.82) is 0 Å². The molecule has 0 aromatic rings. The summed E-state index contributed by atoms with van der Waals surface area (Å²) in [5.41, 5.74) is 0. The molecule has 0 amide bonds. The van der Waals surface area contributed by atoms with Crippen LogP contribution in [0.15, 0.2) is 60.8 Å². The van der Waals surface area contributed by atoms with E-state index in [2.05, 4.69) is 81.5 Å². The molecule has 1 unspecified atom stereocenters. The Balaban J connectivity index is 4.09. The van der Waals surface area contributed by atoms with Crippen LogP contribution in [-0.2, 0) is 28.6 Å². The molecule has 0 heterocycles. The lowest BCUT2D eigenvalue weighted by atomic mass is 10.0. The van der Waals surface area contributed by atoms with Gasteiger partial charge in [-0.2, -0.15) is 0 Å². The van der Waals surface area contributed by atoms with Gasteiger partial charge in [-0.3, -0.25) is 14.4 Å². The van der Waals surface area contributed by atoms with E-state index in [0.717, 1.165) is 103 Å². The summed E-state index contributed by atoms with van der Waals surface area (Å²) in [5, 5.41) is 0. The van der Waals surface area contributed by atoms with E-state index in [4.69, 9.17) is 14.2 Å². The normalized spacial score (nSPS) is 12.5. The highest BCUT2D eigenvalue weighted by Crippen LogP contribution is 2.16. The van der Waals surface area contributed by atoms with Gasteiger partial charge in [-0.25, -0.2) is 0 Å². The van der Waals surface area contributed by atoms with Gasteiger partial charge >= 0.3 is 17.9 Å². The van der Waals surface area contributed by atoms with E-state index >= 15 is 0 Å². The summed E-state index contributed by atoms with van der Waals surface area (Å²) >= 11 is 0. The average Bonchev–Trinajstić information content (AvgIpc) is 3.30. The number of unbranched alkanes of at least 4 members (excludes halogenated alkanes) is 29. The molecule has 0 bridgehead atoms. The zero-order chi connectivity index (χ0) is 47.2. The van der Waals surface area contributed by atoms with Crippen LogP contribution in [0.4, 0.5) is 0 Å². The van der Waals surface area contributed by atoms with Crippen LogP contribution in [0.3, 0.4) is 0 Å². The standard InChI is InChI=1S/C59H104O6/c1-4-7-10-13-15-17-19-21-23-25-26-27-28-29-30-31-32-34-35-37-39-41-43-46-49-52-58(61)64-55-56(54-63-57(60)51-48-45-12-9-6-3)65-59(62)53-50-47-44-42-40-38-36-33-24-22-20-18-16-14-11-8-5-2/h8,11,16,18,22,24-26,36,38,56H,4-7,9-10,12-15,17,19-21,23,27-35,37,39-55H2,1-3H3/b11-8-,18-16-,24-22-,26-25-,38-36-. The van der Waals surface area contributed by atoms with Crippen LogP contribution in [0.5, 0.6) is 0 Å². The van der Waals surface area contributed by atoms with E-state index in [1.165, 1.54) is 135 Å². The zero-order valence-electron chi connectivity index (χ0n) is 43.0. The molecule has 0 aromatic carbocycles. The molecule has 0 aliphatic heterocycles. The van der Waals surface area contributed by atoms with Gasteiger partial charge in [0.15, 0.2) is 6.10 Å². The van der Waals surface area contributed by atoms with Crippen LogP contribution in [0.2, 0.25) is 0 Å². The van der Waals surface area contributed by atoms with E-state index in [-0.39, 0.29) is 31.1 Å². The van der Waals surface area contributed by atoms with Crippen molar-refractivity contribution >= 4 is 17.9 Å². The third-order valence-electron chi connectivity index (χ3n) is 12.0. The summed E-state index contributed by atoms with van der Waals surface area (Å²) in [5.74, 6) is -0.915. The SMILES string of the molecule is CC/C=C\C/C=C\C/C=C\C/C=C\CCCCCCC(=O)OC(COC(=O)CCCCCCC)COC(=O)CCCCCCCCCCCCCCC/C=C\CCCCCCCCCC. The van der Waals surface area contributed by atoms with Crippen molar-refractivity contribution in [3.05, 3.63) is 60.8 Å². The highest BCUT2D eigenvalue weighted by molar-refractivity contribution is 5.71. The maximum Gasteiger partial charge on any atom is 0.306 e. The lowest BCUT2D eigenvalue weighted by Crippen LogP contribution is -2.30. The number of hydrogen-bond donors (Lipinski definition) is 0. The number of carbonyl (C=O) groups excluding carboxylic acids is 3. The lowest BCUT2D eigenvalue weighted by molar-refractivity contribution is -0.167. The van der Waals surface area contributed by atoms with Crippen molar-refractivity contribution in [3.63, 3.8) is 0 Å². The first-order valence-electron chi connectivity index (χ1n) is 27.8. The molecule has 0 radical (unpaired) electrons. The fourth-order valence-corrected chi connectivity index (χ4v) is 7.84. The quantitative estimate of drug-likeness (QED) is 0.0262. The van der Waals surface area contributed by atoms with E-state index in [1.54, 1.807) is 0 Å². The Morgan fingerprint density at radius 3 is 0.954 bits per heavy atom. The van der Waals surface area contributed by atoms with Gasteiger partial charge in [-0.05, 0) is 83.5 Å². The molecule has 0 saturated carbocycles. The Hall–Kier alpha value is -2.89. The first-order valence-corrected chi connectivity index (χ1v) is 27.8. The minimum atomic E-state index is -0.782. The first-order chi connectivity index (χ1) is 32.0. The number of rotatable bonds is 50. The third kappa shape index (κ3) is 51.9.